The van der Waals surface area contributed by atoms with Crippen LogP contribution in [0, 0.1) is 17.8 Å². The van der Waals surface area contributed by atoms with E-state index >= 15 is 0 Å². The summed E-state index contributed by atoms with van der Waals surface area (Å²) in [5.74, 6) is 1.70. The highest BCUT2D eigenvalue weighted by molar-refractivity contribution is 5.87. The first-order valence-electron chi connectivity index (χ1n) is 7.41. The lowest BCUT2D eigenvalue weighted by molar-refractivity contribution is -0.122. The number of hydrogen-bond acceptors (Lipinski definition) is 4. The first-order chi connectivity index (χ1) is 10.2. The Kier molecular flexibility index (Phi) is 3.82. The van der Waals surface area contributed by atoms with Crippen molar-refractivity contribution in [3.8, 4) is 11.5 Å². The molecule has 0 saturated heterocycles. The number of carbonyl (C=O) groups is 1. The van der Waals surface area contributed by atoms with Crippen LogP contribution < -0.4 is 10.2 Å². The lowest BCUT2D eigenvalue weighted by Crippen LogP contribution is -2.20. The molecule has 2 aliphatic carbocycles. The van der Waals surface area contributed by atoms with Gasteiger partial charge < -0.3 is 9.84 Å². The van der Waals surface area contributed by atoms with Crippen LogP contribution in [0.4, 0.5) is 0 Å². The largest absolute Gasteiger partial charge is 0.504 e. The highest BCUT2D eigenvalue weighted by Crippen LogP contribution is 2.55. The second-order valence-electron chi connectivity index (χ2n) is 5.77. The fraction of sp³-hybridized carbons (Fsp3) is 0.500. The summed E-state index contributed by atoms with van der Waals surface area (Å²) in [4.78, 5) is 12.1. The van der Waals surface area contributed by atoms with Crippen molar-refractivity contribution in [1.82, 2.24) is 5.43 Å². The molecular weight excluding hydrogens is 268 g/mol. The first-order valence-corrected chi connectivity index (χ1v) is 7.41. The number of amides is 1. The number of benzene rings is 1. The van der Waals surface area contributed by atoms with E-state index in [9.17, 15) is 9.90 Å². The topological polar surface area (TPSA) is 70.9 Å². The van der Waals surface area contributed by atoms with Crippen molar-refractivity contribution in [2.24, 2.45) is 22.9 Å². The van der Waals surface area contributed by atoms with Gasteiger partial charge in [0, 0.05) is 11.5 Å². The van der Waals surface area contributed by atoms with E-state index in [1.807, 2.05) is 0 Å². The van der Waals surface area contributed by atoms with Crippen LogP contribution in [-0.4, -0.2) is 24.3 Å². The average molecular weight is 288 g/mol. The van der Waals surface area contributed by atoms with Gasteiger partial charge in [-0.1, -0.05) is 18.9 Å². The summed E-state index contributed by atoms with van der Waals surface area (Å²) < 4.78 is 5.03. The third-order valence-electron chi connectivity index (χ3n) is 4.59. The summed E-state index contributed by atoms with van der Waals surface area (Å²) in [7, 11) is 1.49. The minimum atomic E-state index is 0.00513. The van der Waals surface area contributed by atoms with Crippen LogP contribution in [0.3, 0.4) is 0 Å². The number of fused-ring (bicyclic) bond motifs is 1. The van der Waals surface area contributed by atoms with Crippen molar-refractivity contribution in [2.45, 2.75) is 25.7 Å². The number of nitrogens with one attached hydrogen (secondary N) is 1. The number of rotatable bonds is 4. The van der Waals surface area contributed by atoms with E-state index in [2.05, 4.69) is 10.5 Å². The van der Waals surface area contributed by atoms with Gasteiger partial charge in [0.2, 0.25) is 5.91 Å². The molecule has 21 heavy (non-hydrogen) atoms. The van der Waals surface area contributed by atoms with Gasteiger partial charge in [-0.05, 0) is 36.8 Å². The summed E-state index contributed by atoms with van der Waals surface area (Å²) >= 11 is 0. The summed E-state index contributed by atoms with van der Waals surface area (Å²) in [6.45, 7) is 0. The number of nitrogens with zero attached hydrogens (tertiary/aromatic N) is 1. The smallest absolute Gasteiger partial charge is 0.243 e. The van der Waals surface area contributed by atoms with Crippen LogP contribution in [0.1, 0.15) is 31.2 Å². The van der Waals surface area contributed by atoms with Crippen molar-refractivity contribution in [2.75, 3.05) is 7.11 Å². The molecule has 1 aromatic carbocycles. The molecule has 2 N–H and O–H groups in total. The van der Waals surface area contributed by atoms with E-state index in [-0.39, 0.29) is 17.6 Å². The van der Waals surface area contributed by atoms with Crippen LogP contribution in [-0.2, 0) is 4.79 Å². The zero-order valence-electron chi connectivity index (χ0n) is 12.1. The van der Waals surface area contributed by atoms with Gasteiger partial charge in [-0.15, -0.1) is 0 Å². The molecule has 2 atom stereocenters. The molecule has 1 aromatic rings. The van der Waals surface area contributed by atoms with E-state index in [0.717, 1.165) is 0 Å². The molecule has 1 amide bonds. The maximum atomic E-state index is 12.1. The minimum Gasteiger partial charge on any atom is -0.504 e. The van der Waals surface area contributed by atoms with Crippen molar-refractivity contribution in [1.29, 1.82) is 0 Å². The second kappa shape index (κ2) is 5.76. The molecular formula is C16H20N2O3. The highest BCUT2D eigenvalue weighted by atomic mass is 16.5. The zero-order chi connectivity index (χ0) is 14.8. The Bertz CT molecular complexity index is 559. The van der Waals surface area contributed by atoms with Crippen molar-refractivity contribution in [3.05, 3.63) is 23.8 Å². The van der Waals surface area contributed by atoms with Crippen LogP contribution in [0.5, 0.6) is 11.5 Å². The van der Waals surface area contributed by atoms with Crippen LogP contribution >= 0.6 is 0 Å². The monoisotopic (exact) mass is 288 g/mol. The molecule has 2 saturated carbocycles. The molecule has 0 aromatic heterocycles. The Hall–Kier alpha value is -2.04. The van der Waals surface area contributed by atoms with Crippen LogP contribution in [0.25, 0.3) is 0 Å². The Morgan fingerprint density at radius 3 is 2.76 bits per heavy atom. The lowest BCUT2D eigenvalue weighted by atomic mass is 10.0. The molecule has 0 aliphatic heterocycles. The summed E-state index contributed by atoms with van der Waals surface area (Å²) in [6.07, 6.45) is 6.27. The molecule has 0 spiro atoms. The average Bonchev–Trinajstić information content (AvgIpc) is 3.23. The van der Waals surface area contributed by atoms with Gasteiger partial charge in [-0.2, -0.15) is 5.10 Å². The number of hydrazone groups is 1. The van der Waals surface area contributed by atoms with Gasteiger partial charge in [-0.25, -0.2) is 5.43 Å². The standard InChI is InChI=1S/C16H20N2O3/c1-21-13-8-4-5-10(15(13)19)9-17-18-16(20)14-11-6-2-3-7-12(11)14/h4-5,8-9,11-12,14,19H,2-3,6-7H2,1H3,(H,18,20)/b17-9-/t11-,12-/m0/s1. The Labute approximate surface area is 124 Å². The van der Waals surface area contributed by atoms with Gasteiger partial charge in [0.1, 0.15) is 0 Å². The molecule has 0 heterocycles. The van der Waals surface area contributed by atoms with Crippen LogP contribution in [0.2, 0.25) is 0 Å². The molecule has 0 bridgehead atoms. The van der Waals surface area contributed by atoms with E-state index < -0.39 is 0 Å². The Morgan fingerprint density at radius 1 is 1.38 bits per heavy atom. The Morgan fingerprint density at radius 2 is 2.10 bits per heavy atom. The SMILES string of the molecule is COc1cccc(/C=N\NC(=O)C2[C@H]3CCCC[C@H]23)c1O. The van der Waals surface area contributed by atoms with Crippen molar-refractivity contribution >= 4 is 12.1 Å². The van der Waals surface area contributed by atoms with Crippen molar-refractivity contribution in [3.63, 3.8) is 0 Å². The number of hydrogen-bond donors (Lipinski definition) is 2. The molecule has 0 radical (unpaired) electrons. The maximum absolute atomic E-state index is 12.1. The quantitative estimate of drug-likeness (QED) is 0.659. The van der Waals surface area contributed by atoms with Gasteiger partial charge in [0.15, 0.2) is 11.5 Å². The van der Waals surface area contributed by atoms with E-state index in [0.29, 0.717) is 23.1 Å². The number of methoxy groups -OCH3 is 1. The third kappa shape index (κ3) is 2.73. The molecule has 5 nitrogen and oxygen atoms in total. The van der Waals surface area contributed by atoms with E-state index in [1.165, 1.54) is 39.0 Å². The number of carbonyl (C=O) groups excluding carboxylic acids is 1. The number of phenols is 1. The first kappa shape index (κ1) is 13.9. The number of para-hydroxylation sites is 1. The molecule has 112 valence electrons. The minimum absolute atomic E-state index is 0.00513. The number of phenolic OH excluding ortho intramolecular Hbond substituents is 1. The molecule has 3 rings (SSSR count). The molecule has 0 unspecified atom stereocenters. The molecule has 2 fully saturated rings. The molecule has 2 aliphatic rings. The van der Waals surface area contributed by atoms with Crippen molar-refractivity contribution < 1.29 is 14.6 Å². The van der Waals surface area contributed by atoms with Gasteiger partial charge in [0.05, 0.1) is 13.3 Å². The predicted octanol–water partition coefficient (Wildman–Crippen LogP) is 2.29. The summed E-state index contributed by atoms with van der Waals surface area (Å²) in [5, 5.41) is 13.9. The normalized spacial score (nSPS) is 27.2. The Balaban J connectivity index is 1.59. The fourth-order valence-electron chi connectivity index (χ4n) is 3.43. The number of ether oxygens (including phenoxy) is 1. The van der Waals surface area contributed by atoms with E-state index in [4.69, 9.17) is 4.74 Å². The highest BCUT2D eigenvalue weighted by Gasteiger charge is 2.54. The van der Waals surface area contributed by atoms with Gasteiger partial charge in [0.25, 0.3) is 0 Å². The van der Waals surface area contributed by atoms with E-state index in [1.54, 1.807) is 18.2 Å². The van der Waals surface area contributed by atoms with Gasteiger partial charge >= 0.3 is 0 Å². The molecule has 5 heteroatoms. The van der Waals surface area contributed by atoms with Crippen LogP contribution in [0.15, 0.2) is 23.3 Å². The van der Waals surface area contributed by atoms with Gasteiger partial charge in [-0.3, -0.25) is 4.79 Å². The zero-order valence-corrected chi connectivity index (χ0v) is 12.1. The lowest BCUT2D eigenvalue weighted by Gasteiger charge is -2.04. The third-order valence-corrected chi connectivity index (χ3v) is 4.59. The number of aromatic hydroxyl groups is 1. The summed E-state index contributed by atoms with van der Waals surface area (Å²) in [6, 6.07) is 5.14. The predicted molar refractivity (Wildman–Crippen MR) is 79.3 cm³/mol. The second-order valence-corrected chi connectivity index (χ2v) is 5.77. The summed E-state index contributed by atoms with van der Waals surface area (Å²) in [5.41, 5.74) is 3.11. The maximum Gasteiger partial charge on any atom is 0.243 e. The fourth-order valence-corrected chi connectivity index (χ4v) is 3.43.